The molecule has 1 aliphatic heterocycles. The van der Waals surface area contributed by atoms with Gasteiger partial charge in [0.1, 0.15) is 0 Å². The Balaban J connectivity index is 2.19. The summed E-state index contributed by atoms with van der Waals surface area (Å²) < 4.78 is 67.1. The first-order chi connectivity index (χ1) is 9.70. The quantitative estimate of drug-likeness (QED) is 0.918. The van der Waals surface area contributed by atoms with Crippen molar-refractivity contribution < 1.29 is 31.4 Å². The largest absolute Gasteiger partial charge is 0.416 e. The molecule has 0 aliphatic carbocycles. The number of hydrogen-bond acceptors (Lipinski definition) is 4. The summed E-state index contributed by atoms with van der Waals surface area (Å²) >= 11 is 0. The summed E-state index contributed by atoms with van der Waals surface area (Å²) in [6.45, 7) is 0.713. The van der Waals surface area contributed by atoms with Gasteiger partial charge in [-0.05, 0) is 24.6 Å². The number of rotatable bonds is 4. The lowest BCUT2D eigenvalue weighted by molar-refractivity contribution is -0.137. The number of halogens is 3. The molecule has 0 aromatic heterocycles. The molecular weight excluding hydrogens is 309 g/mol. The molecule has 0 radical (unpaired) electrons. The van der Waals surface area contributed by atoms with Crippen molar-refractivity contribution in [3.63, 3.8) is 0 Å². The van der Waals surface area contributed by atoms with Gasteiger partial charge in [0, 0.05) is 12.5 Å². The van der Waals surface area contributed by atoms with Crippen LogP contribution in [0.1, 0.15) is 12.0 Å². The van der Waals surface area contributed by atoms with Gasteiger partial charge in [0.15, 0.2) is 9.84 Å². The highest BCUT2D eigenvalue weighted by Gasteiger charge is 2.33. The Hall–Kier alpha value is -1.12. The van der Waals surface area contributed by atoms with Gasteiger partial charge >= 0.3 is 6.18 Å². The number of benzene rings is 1. The molecule has 1 heterocycles. The summed E-state index contributed by atoms with van der Waals surface area (Å²) in [7, 11) is -3.99. The first-order valence-corrected chi connectivity index (χ1v) is 8.01. The second-order valence-corrected chi connectivity index (χ2v) is 7.03. The third-order valence-corrected chi connectivity index (χ3v) is 5.17. The molecule has 0 saturated carbocycles. The Bertz CT molecular complexity index is 592. The second-order valence-electron chi connectivity index (χ2n) is 5.00. The molecule has 21 heavy (non-hydrogen) atoms. The molecule has 1 aliphatic rings. The highest BCUT2D eigenvalue weighted by molar-refractivity contribution is 7.91. The van der Waals surface area contributed by atoms with Gasteiger partial charge in [0.2, 0.25) is 0 Å². The summed E-state index contributed by atoms with van der Waals surface area (Å²) in [6, 6.07) is 3.54. The van der Waals surface area contributed by atoms with Crippen LogP contribution in [0.2, 0.25) is 0 Å². The van der Waals surface area contributed by atoms with Crippen LogP contribution in [0.5, 0.6) is 0 Å². The maximum absolute atomic E-state index is 12.6. The summed E-state index contributed by atoms with van der Waals surface area (Å²) in [5.74, 6) is -0.909. The van der Waals surface area contributed by atoms with Crippen LogP contribution in [0.4, 0.5) is 13.2 Å². The minimum Gasteiger partial charge on any atom is -0.392 e. The molecule has 118 valence electrons. The number of hydrogen-bond donors (Lipinski definition) is 1. The SMILES string of the molecule is O=S(=O)(CC(O)C1CCOC1)c1cccc(C(F)(F)F)c1. The van der Waals surface area contributed by atoms with Gasteiger partial charge < -0.3 is 9.84 Å². The van der Waals surface area contributed by atoms with Gasteiger partial charge in [-0.3, -0.25) is 0 Å². The second kappa shape index (κ2) is 5.94. The minimum absolute atomic E-state index is 0.263. The van der Waals surface area contributed by atoms with Gasteiger partial charge in [-0.1, -0.05) is 6.07 Å². The third-order valence-electron chi connectivity index (χ3n) is 3.42. The zero-order chi connectivity index (χ0) is 15.7. The van der Waals surface area contributed by atoms with Gasteiger partial charge in [-0.15, -0.1) is 0 Å². The number of sulfone groups is 1. The summed E-state index contributed by atoms with van der Waals surface area (Å²) in [5, 5.41) is 9.89. The van der Waals surface area contributed by atoms with Crippen LogP contribution in [0.3, 0.4) is 0 Å². The summed E-state index contributed by atoms with van der Waals surface area (Å²) in [5.41, 5.74) is -1.03. The molecule has 1 N–H and O–H groups in total. The maximum Gasteiger partial charge on any atom is 0.416 e. The van der Waals surface area contributed by atoms with E-state index in [2.05, 4.69) is 0 Å². The van der Waals surface area contributed by atoms with Gasteiger partial charge in [0.05, 0.1) is 28.9 Å². The predicted molar refractivity (Wildman–Crippen MR) is 68.4 cm³/mol. The molecular formula is C13H15F3O4S. The molecule has 2 unspecified atom stereocenters. The van der Waals surface area contributed by atoms with Crippen LogP contribution in [0.25, 0.3) is 0 Å². The first-order valence-electron chi connectivity index (χ1n) is 6.36. The van der Waals surface area contributed by atoms with Crippen molar-refractivity contribution in [1.82, 2.24) is 0 Å². The van der Waals surface area contributed by atoms with E-state index in [4.69, 9.17) is 4.74 Å². The highest BCUT2D eigenvalue weighted by atomic mass is 32.2. The number of alkyl halides is 3. The van der Waals surface area contributed by atoms with E-state index in [-0.39, 0.29) is 12.5 Å². The molecule has 0 amide bonds. The molecule has 4 nitrogen and oxygen atoms in total. The zero-order valence-corrected chi connectivity index (χ0v) is 11.8. The van der Waals surface area contributed by atoms with E-state index < -0.39 is 38.3 Å². The topological polar surface area (TPSA) is 63.6 Å². The molecule has 1 aromatic carbocycles. The molecule has 1 saturated heterocycles. The van der Waals surface area contributed by atoms with E-state index in [0.717, 1.165) is 18.2 Å². The van der Waals surface area contributed by atoms with Crippen LogP contribution in [-0.2, 0) is 20.8 Å². The molecule has 0 bridgehead atoms. The summed E-state index contributed by atoms with van der Waals surface area (Å²) in [4.78, 5) is -0.435. The van der Waals surface area contributed by atoms with E-state index in [1.165, 1.54) is 0 Å². The smallest absolute Gasteiger partial charge is 0.392 e. The molecule has 8 heteroatoms. The zero-order valence-electron chi connectivity index (χ0n) is 11.0. The van der Waals surface area contributed by atoms with Gasteiger partial charge in [-0.25, -0.2) is 8.42 Å². The first kappa shape index (κ1) is 16.3. The Morgan fingerprint density at radius 1 is 1.38 bits per heavy atom. The lowest BCUT2D eigenvalue weighted by atomic mass is 10.0. The van der Waals surface area contributed by atoms with Crippen molar-refractivity contribution in [3.8, 4) is 0 Å². The lowest BCUT2D eigenvalue weighted by Gasteiger charge is -2.17. The van der Waals surface area contributed by atoms with E-state index in [0.29, 0.717) is 19.1 Å². The van der Waals surface area contributed by atoms with Gasteiger partial charge in [0.25, 0.3) is 0 Å². The van der Waals surface area contributed by atoms with Crippen LogP contribution in [0, 0.1) is 5.92 Å². The minimum atomic E-state index is -4.61. The fourth-order valence-electron chi connectivity index (χ4n) is 2.18. The van der Waals surface area contributed by atoms with Crippen molar-refractivity contribution in [2.24, 2.45) is 5.92 Å². The Labute approximate surface area is 120 Å². The monoisotopic (exact) mass is 324 g/mol. The lowest BCUT2D eigenvalue weighted by Crippen LogP contribution is -2.29. The van der Waals surface area contributed by atoms with Crippen molar-refractivity contribution in [2.45, 2.75) is 23.6 Å². The van der Waals surface area contributed by atoms with E-state index >= 15 is 0 Å². The third kappa shape index (κ3) is 3.96. The van der Waals surface area contributed by atoms with Crippen LogP contribution in [0.15, 0.2) is 29.2 Å². The molecule has 1 fully saturated rings. The Kier molecular flexibility index (Phi) is 4.60. The summed E-state index contributed by atoms with van der Waals surface area (Å²) in [6.07, 6.45) is -5.21. The fraction of sp³-hybridized carbons (Fsp3) is 0.538. The van der Waals surface area contributed by atoms with Gasteiger partial charge in [-0.2, -0.15) is 13.2 Å². The van der Waals surface area contributed by atoms with Crippen molar-refractivity contribution in [3.05, 3.63) is 29.8 Å². The standard InChI is InChI=1S/C13H15F3O4S/c14-13(15,16)10-2-1-3-11(6-10)21(18,19)8-12(17)9-4-5-20-7-9/h1-3,6,9,12,17H,4-5,7-8H2. The molecule has 0 spiro atoms. The van der Waals surface area contributed by atoms with Crippen LogP contribution in [-0.4, -0.2) is 38.6 Å². The Morgan fingerprint density at radius 2 is 2.10 bits per heavy atom. The van der Waals surface area contributed by atoms with Crippen molar-refractivity contribution in [1.29, 1.82) is 0 Å². The van der Waals surface area contributed by atoms with E-state index in [9.17, 15) is 26.7 Å². The number of aliphatic hydroxyl groups is 1. The van der Waals surface area contributed by atoms with Crippen molar-refractivity contribution >= 4 is 9.84 Å². The molecule has 1 aromatic rings. The predicted octanol–water partition coefficient (Wildman–Crippen LogP) is 1.88. The highest BCUT2D eigenvalue weighted by Crippen LogP contribution is 2.31. The Morgan fingerprint density at radius 3 is 2.67 bits per heavy atom. The van der Waals surface area contributed by atoms with E-state index in [1.807, 2.05) is 0 Å². The van der Waals surface area contributed by atoms with Crippen LogP contribution < -0.4 is 0 Å². The average Bonchev–Trinajstić information content (AvgIpc) is 2.91. The van der Waals surface area contributed by atoms with Crippen molar-refractivity contribution in [2.75, 3.05) is 19.0 Å². The molecule has 2 atom stereocenters. The van der Waals surface area contributed by atoms with E-state index in [1.54, 1.807) is 0 Å². The maximum atomic E-state index is 12.6. The fourth-order valence-corrected chi connectivity index (χ4v) is 3.69. The normalized spacial score (nSPS) is 21.4. The van der Waals surface area contributed by atoms with Crippen LogP contribution >= 0.6 is 0 Å². The number of ether oxygens (including phenoxy) is 1. The number of aliphatic hydroxyl groups excluding tert-OH is 1. The average molecular weight is 324 g/mol. The molecule has 2 rings (SSSR count).